The minimum absolute atomic E-state index is 0.0952. The number of nitrogens with one attached hydrogen (secondary N) is 1. The second-order valence-electron chi connectivity index (χ2n) is 7.21. The molecular formula is C22H25ClN4O3. The maximum absolute atomic E-state index is 13.0. The maximum Gasteiger partial charge on any atom is 0.255 e. The van der Waals surface area contributed by atoms with Gasteiger partial charge in [-0.3, -0.25) is 19.4 Å². The molecule has 158 valence electrons. The molecule has 1 N–H and O–H groups in total. The van der Waals surface area contributed by atoms with E-state index >= 15 is 0 Å². The van der Waals surface area contributed by atoms with Crippen molar-refractivity contribution < 1.29 is 14.4 Å². The Labute approximate surface area is 181 Å². The zero-order chi connectivity index (χ0) is 21.8. The molecule has 3 amide bonds. The largest absolute Gasteiger partial charge is 0.339 e. The summed E-state index contributed by atoms with van der Waals surface area (Å²) in [5, 5.41) is 3.11. The third-order valence-corrected chi connectivity index (χ3v) is 5.78. The number of carbonyl (C=O) groups excluding carboxylic acids is 3. The molecule has 2 unspecified atom stereocenters. The van der Waals surface area contributed by atoms with Gasteiger partial charge in [0.25, 0.3) is 5.91 Å². The number of hydrogen-bond acceptors (Lipinski definition) is 4. The van der Waals surface area contributed by atoms with Gasteiger partial charge in [-0.25, -0.2) is 0 Å². The fraction of sp³-hybridized carbons (Fsp3) is 0.364. The van der Waals surface area contributed by atoms with Crippen molar-refractivity contribution in [2.45, 2.75) is 26.3 Å². The fourth-order valence-electron chi connectivity index (χ4n) is 3.79. The average molecular weight is 429 g/mol. The molecule has 2 heterocycles. The quantitative estimate of drug-likeness (QED) is 0.764. The first-order valence-electron chi connectivity index (χ1n) is 9.92. The molecule has 1 aromatic carbocycles. The monoisotopic (exact) mass is 428 g/mol. The highest BCUT2D eigenvalue weighted by atomic mass is 35.5. The summed E-state index contributed by atoms with van der Waals surface area (Å²) in [5.74, 6) is -1.08. The molecule has 0 saturated carbocycles. The first-order valence-corrected chi connectivity index (χ1v) is 10.3. The van der Waals surface area contributed by atoms with E-state index in [1.165, 1.54) is 0 Å². The third kappa shape index (κ3) is 4.31. The molecule has 2 aromatic rings. The molecule has 2 atom stereocenters. The molecule has 1 saturated heterocycles. The normalized spacial score (nSPS) is 18.4. The Bertz CT molecular complexity index is 947. The van der Waals surface area contributed by atoms with Crippen LogP contribution in [0.3, 0.4) is 0 Å². The van der Waals surface area contributed by atoms with Crippen LogP contribution in [-0.2, 0) is 9.59 Å². The molecule has 0 radical (unpaired) electrons. The Morgan fingerprint density at radius 3 is 2.60 bits per heavy atom. The molecule has 1 fully saturated rings. The molecule has 30 heavy (non-hydrogen) atoms. The second-order valence-corrected chi connectivity index (χ2v) is 7.61. The molecule has 7 nitrogen and oxygen atoms in total. The van der Waals surface area contributed by atoms with E-state index in [1.54, 1.807) is 53.5 Å². The lowest BCUT2D eigenvalue weighted by atomic mass is 9.94. The summed E-state index contributed by atoms with van der Waals surface area (Å²) >= 11 is 6.33. The van der Waals surface area contributed by atoms with Crippen molar-refractivity contribution in [3.8, 4) is 0 Å². The van der Waals surface area contributed by atoms with Gasteiger partial charge in [0.2, 0.25) is 11.8 Å². The van der Waals surface area contributed by atoms with Crippen LogP contribution in [0.5, 0.6) is 0 Å². The third-order valence-electron chi connectivity index (χ3n) is 5.47. The summed E-state index contributed by atoms with van der Waals surface area (Å²) < 4.78 is 0. The van der Waals surface area contributed by atoms with Gasteiger partial charge in [0.1, 0.15) is 0 Å². The topological polar surface area (TPSA) is 82.6 Å². The number of rotatable bonds is 6. The predicted molar refractivity (Wildman–Crippen MR) is 115 cm³/mol. The number of halogens is 1. The summed E-state index contributed by atoms with van der Waals surface area (Å²) in [6, 6.07) is 8.09. The van der Waals surface area contributed by atoms with E-state index in [9.17, 15) is 14.4 Å². The Kier molecular flexibility index (Phi) is 6.72. The number of anilines is 1. The van der Waals surface area contributed by atoms with Crippen molar-refractivity contribution in [2.24, 2.45) is 5.92 Å². The number of benzene rings is 1. The second kappa shape index (κ2) is 9.26. The van der Waals surface area contributed by atoms with Gasteiger partial charge < -0.3 is 15.1 Å². The van der Waals surface area contributed by atoms with Gasteiger partial charge in [-0.2, -0.15) is 0 Å². The SMILES string of the molecule is CCN(CC)C(=O)c1ccc(NC(=O)C2CC(=O)N(C)C2c2cccnc2)cc1Cl. The minimum Gasteiger partial charge on any atom is -0.339 e. The van der Waals surface area contributed by atoms with E-state index in [2.05, 4.69) is 10.3 Å². The summed E-state index contributed by atoms with van der Waals surface area (Å²) in [7, 11) is 1.69. The Balaban J connectivity index is 1.79. The number of likely N-dealkylation sites (tertiary alicyclic amines) is 1. The number of hydrogen-bond donors (Lipinski definition) is 1. The van der Waals surface area contributed by atoms with Gasteiger partial charge in [0.05, 0.1) is 22.5 Å². The fourth-order valence-corrected chi connectivity index (χ4v) is 4.06. The van der Waals surface area contributed by atoms with Crippen molar-refractivity contribution in [3.63, 3.8) is 0 Å². The number of pyridine rings is 1. The average Bonchev–Trinajstić information content (AvgIpc) is 3.04. The molecule has 0 aliphatic carbocycles. The molecule has 8 heteroatoms. The van der Waals surface area contributed by atoms with E-state index in [1.807, 2.05) is 19.9 Å². The van der Waals surface area contributed by atoms with Crippen molar-refractivity contribution in [1.29, 1.82) is 0 Å². The Hall–Kier alpha value is -2.93. The first-order chi connectivity index (χ1) is 14.4. The molecule has 0 spiro atoms. The Morgan fingerprint density at radius 1 is 1.27 bits per heavy atom. The van der Waals surface area contributed by atoms with Crippen molar-refractivity contribution in [3.05, 3.63) is 58.9 Å². The molecule has 1 aliphatic heterocycles. The molecular weight excluding hydrogens is 404 g/mol. The highest BCUT2D eigenvalue weighted by molar-refractivity contribution is 6.34. The zero-order valence-corrected chi connectivity index (χ0v) is 18.0. The van der Waals surface area contributed by atoms with Crippen LogP contribution in [0, 0.1) is 5.92 Å². The van der Waals surface area contributed by atoms with Crippen LogP contribution in [0.15, 0.2) is 42.7 Å². The highest BCUT2D eigenvalue weighted by Gasteiger charge is 2.42. The maximum atomic E-state index is 13.0. The van der Waals surface area contributed by atoms with Gasteiger partial charge in [0.15, 0.2) is 0 Å². The van der Waals surface area contributed by atoms with Gasteiger partial charge >= 0.3 is 0 Å². The zero-order valence-electron chi connectivity index (χ0n) is 17.3. The predicted octanol–water partition coefficient (Wildman–Crippen LogP) is 3.38. The van der Waals surface area contributed by atoms with Crippen molar-refractivity contribution in [1.82, 2.24) is 14.8 Å². The minimum atomic E-state index is -0.553. The summed E-state index contributed by atoms with van der Waals surface area (Å²) in [6.07, 6.45) is 3.44. The lowest BCUT2D eigenvalue weighted by Crippen LogP contribution is -2.31. The van der Waals surface area contributed by atoms with E-state index in [4.69, 9.17) is 11.6 Å². The van der Waals surface area contributed by atoms with Crippen LogP contribution >= 0.6 is 11.6 Å². The Morgan fingerprint density at radius 2 is 2.00 bits per heavy atom. The van der Waals surface area contributed by atoms with Crippen LogP contribution in [0.1, 0.15) is 42.2 Å². The van der Waals surface area contributed by atoms with Crippen LogP contribution in [0.2, 0.25) is 5.02 Å². The summed E-state index contributed by atoms with van der Waals surface area (Å²) in [5.41, 5.74) is 1.68. The van der Waals surface area contributed by atoms with Gasteiger partial charge in [-0.1, -0.05) is 17.7 Å². The smallest absolute Gasteiger partial charge is 0.255 e. The number of carbonyl (C=O) groups is 3. The van der Waals surface area contributed by atoms with Gasteiger partial charge in [-0.05, 0) is 43.7 Å². The van der Waals surface area contributed by atoms with Crippen LogP contribution < -0.4 is 5.32 Å². The van der Waals surface area contributed by atoms with Crippen molar-refractivity contribution >= 4 is 35.0 Å². The van der Waals surface area contributed by atoms with Crippen LogP contribution in [0.25, 0.3) is 0 Å². The summed E-state index contributed by atoms with van der Waals surface area (Å²) in [4.78, 5) is 45.2. The van der Waals surface area contributed by atoms with E-state index in [-0.39, 0.29) is 35.2 Å². The number of amides is 3. The standard InChI is InChI=1S/C22H25ClN4O3/c1-4-27(5-2)22(30)16-9-8-15(11-18(16)23)25-21(29)17-12-19(28)26(3)20(17)14-7-6-10-24-13-14/h6-11,13,17,20H,4-5,12H2,1-3H3,(H,25,29). The molecule has 1 aliphatic rings. The highest BCUT2D eigenvalue weighted by Crippen LogP contribution is 2.37. The van der Waals surface area contributed by atoms with E-state index in [0.29, 0.717) is 24.3 Å². The van der Waals surface area contributed by atoms with Gasteiger partial charge in [0, 0.05) is 44.6 Å². The number of aromatic nitrogens is 1. The molecule has 1 aromatic heterocycles. The lowest BCUT2D eigenvalue weighted by molar-refractivity contribution is -0.128. The molecule has 3 rings (SSSR count). The van der Waals surface area contributed by atoms with Gasteiger partial charge in [-0.15, -0.1) is 0 Å². The van der Waals surface area contributed by atoms with Crippen LogP contribution in [-0.4, -0.2) is 52.6 Å². The van der Waals surface area contributed by atoms with Crippen molar-refractivity contribution in [2.75, 3.05) is 25.5 Å². The van der Waals surface area contributed by atoms with E-state index in [0.717, 1.165) is 5.56 Å². The van der Waals surface area contributed by atoms with Crippen LogP contribution in [0.4, 0.5) is 5.69 Å². The summed E-state index contributed by atoms with van der Waals surface area (Å²) in [6.45, 7) is 4.98. The van der Waals surface area contributed by atoms with E-state index < -0.39 is 5.92 Å². The lowest BCUT2D eigenvalue weighted by Gasteiger charge is -2.24. The molecule has 0 bridgehead atoms. The number of nitrogens with zero attached hydrogens (tertiary/aromatic N) is 3. The first kappa shape index (κ1) is 21.8.